The third-order valence-corrected chi connectivity index (χ3v) is 2.32. The van der Waals surface area contributed by atoms with Crippen LogP contribution in [0.4, 0.5) is 0 Å². The highest BCUT2D eigenvalue weighted by molar-refractivity contribution is 6.34. The summed E-state index contributed by atoms with van der Waals surface area (Å²) in [6.45, 7) is 4.69. The van der Waals surface area contributed by atoms with E-state index in [1.807, 2.05) is 13.8 Å². The molecule has 1 rings (SSSR count). The summed E-state index contributed by atoms with van der Waals surface area (Å²) in [5.74, 6) is 5.80. The van der Waals surface area contributed by atoms with Crippen LogP contribution in [0.5, 0.6) is 0 Å². The highest BCUT2D eigenvalue weighted by atomic mass is 35.5. The fraction of sp³-hybridized carbons (Fsp3) is 0.385. The Hall–Kier alpha value is -0.720. The summed E-state index contributed by atoms with van der Waals surface area (Å²) in [4.78, 5) is 0. The van der Waals surface area contributed by atoms with Crippen LogP contribution < -0.4 is 0 Å². The first kappa shape index (κ1) is 14.3. The third-order valence-electron chi connectivity index (χ3n) is 1.89. The number of hydrogen-bond acceptors (Lipinski definition) is 2. The molecule has 1 atom stereocenters. The van der Waals surface area contributed by atoms with E-state index in [9.17, 15) is 0 Å². The zero-order chi connectivity index (χ0) is 12.7. The molecule has 0 aliphatic carbocycles. The van der Waals surface area contributed by atoms with E-state index < -0.39 is 0 Å². The molecule has 0 radical (unpaired) electrons. The molecule has 0 fully saturated rings. The first-order valence-electron chi connectivity index (χ1n) is 5.30. The Bertz CT molecular complexity index is 401. The van der Waals surface area contributed by atoms with Gasteiger partial charge in [-0.05, 0) is 32.0 Å². The lowest BCUT2D eigenvalue weighted by molar-refractivity contribution is -0.117. The van der Waals surface area contributed by atoms with Crippen LogP contribution in [0.3, 0.4) is 0 Å². The predicted molar refractivity (Wildman–Crippen MR) is 70.4 cm³/mol. The van der Waals surface area contributed by atoms with Crippen LogP contribution >= 0.6 is 23.2 Å². The number of hydrogen-bond donors (Lipinski definition) is 0. The van der Waals surface area contributed by atoms with Crippen LogP contribution in [-0.2, 0) is 9.47 Å². The number of benzene rings is 1. The van der Waals surface area contributed by atoms with Crippen LogP contribution in [-0.4, -0.2) is 19.5 Å². The van der Waals surface area contributed by atoms with Crippen molar-refractivity contribution in [3.63, 3.8) is 0 Å². The van der Waals surface area contributed by atoms with Crippen LogP contribution in [0, 0.1) is 11.8 Å². The molecule has 0 N–H and O–H groups in total. The van der Waals surface area contributed by atoms with Crippen molar-refractivity contribution in [2.75, 3.05) is 13.2 Å². The molecule has 17 heavy (non-hydrogen) atoms. The summed E-state index contributed by atoms with van der Waals surface area (Å²) in [6, 6.07) is 5.18. The van der Waals surface area contributed by atoms with Crippen LogP contribution in [0.15, 0.2) is 18.2 Å². The molecule has 2 nitrogen and oxygen atoms in total. The van der Waals surface area contributed by atoms with Gasteiger partial charge in [0.1, 0.15) is 6.61 Å². The van der Waals surface area contributed by atoms with Gasteiger partial charge in [-0.3, -0.25) is 0 Å². The summed E-state index contributed by atoms with van der Waals surface area (Å²) in [7, 11) is 0. The first-order chi connectivity index (χ1) is 8.11. The Morgan fingerprint density at radius 2 is 1.82 bits per heavy atom. The molecule has 0 heterocycles. The quantitative estimate of drug-likeness (QED) is 0.614. The smallest absolute Gasteiger partial charge is 0.156 e. The van der Waals surface area contributed by atoms with E-state index in [-0.39, 0.29) is 6.29 Å². The van der Waals surface area contributed by atoms with Gasteiger partial charge in [-0.25, -0.2) is 0 Å². The molecule has 1 aromatic carbocycles. The van der Waals surface area contributed by atoms with E-state index in [4.69, 9.17) is 32.7 Å². The molecule has 1 aromatic rings. The highest BCUT2D eigenvalue weighted by Gasteiger charge is 1.97. The normalized spacial score (nSPS) is 11.8. The first-order valence-corrected chi connectivity index (χ1v) is 6.05. The SMILES string of the molecule is CCOC(C)OCC#Cc1cc(Cl)cc(Cl)c1. The molecule has 0 saturated heterocycles. The van der Waals surface area contributed by atoms with Gasteiger partial charge in [0.2, 0.25) is 0 Å². The molecule has 0 spiro atoms. The summed E-state index contributed by atoms with van der Waals surface area (Å²) >= 11 is 11.7. The molecule has 0 aliphatic rings. The van der Waals surface area contributed by atoms with Gasteiger partial charge < -0.3 is 9.47 Å². The number of rotatable bonds is 4. The summed E-state index contributed by atoms with van der Waals surface area (Å²) in [5.41, 5.74) is 0.773. The van der Waals surface area contributed by atoms with Crippen molar-refractivity contribution in [3.8, 4) is 11.8 Å². The minimum Gasteiger partial charge on any atom is -0.353 e. The van der Waals surface area contributed by atoms with Crippen molar-refractivity contribution in [1.82, 2.24) is 0 Å². The predicted octanol–water partition coefficient (Wildman–Crippen LogP) is 3.74. The molecule has 0 aromatic heterocycles. The Morgan fingerprint density at radius 3 is 2.41 bits per heavy atom. The van der Waals surface area contributed by atoms with E-state index in [0.717, 1.165) is 5.56 Å². The lowest BCUT2D eigenvalue weighted by Crippen LogP contribution is -2.12. The fourth-order valence-corrected chi connectivity index (χ4v) is 1.73. The van der Waals surface area contributed by atoms with E-state index in [2.05, 4.69) is 11.8 Å². The minimum absolute atomic E-state index is 0.239. The standard InChI is InChI=1S/C13H14Cl2O2/c1-3-16-10(2)17-6-4-5-11-7-12(14)9-13(15)8-11/h7-10H,3,6H2,1-2H3. The van der Waals surface area contributed by atoms with Crippen LogP contribution in [0.25, 0.3) is 0 Å². The van der Waals surface area contributed by atoms with Crippen molar-refractivity contribution >= 4 is 23.2 Å². The van der Waals surface area contributed by atoms with Crippen molar-refractivity contribution < 1.29 is 9.47 Å². The van der Waals surface area contributed by atoms with Crippen molar-refractivity contribution in [2.45, 2.75) is 20.1 Å². The van der Waals surface area contributed by atoms with Crippen molar-refractivity contribution in [2.24, 2.45) is 0 Å². The molecule has 4 heteroatoms. The molecular formula is C13H14Cl2O2. The van der Waals surface area contributed by atoms with E-state index in [1.165, 1.54) is 0 Å². The largest absolute Gasteiger partial charge is 0.353 e. The average molecular weight is 273 g/mol. The van der Waals surface area contributed by atoms with Gasteiger partial charge in [0.15, 0.2) is 6.29 Å². The zero-order valence-electron chi connectivity index (χ0n) is 9.80. The van der Waals surface area contributed by atoms with Gasteiger partial charge in [0, 0.05) is 22.2 Å². The summed E-state index contributed by atoms with van der Waals surface area (Å²) < 4.78 is 10.5. The Morgan fingerprint density at radius 1 is 1.18 bits per heavy atom. The molecule has 0 bridgehead atoms. The van der Waals surface area contributed by atoms with Gasteiger partial charge in [0.05, 0.1) is 0 Å². The summed E-state index contributed by atoms with van der Waals surface area (Å²) in [5, 5.41) is 1.15. The Balaban J connectivity index is 2.48. The second-order valence-corrected chi connectivity index (χ2v) is 4.17. The maximum absolute atomic E-state index is 5.85. The minimum atomic E-state index is -0.239. The molecule has 0 amide bonds. The topological polar surface area (TPSA) is 18.5 Å². The maximum Gasteiger partial charge on any atom is 0.156 e. The van der Waals surface area contributed by atoms with Gasteiger partial charge >= 0.3 is 0 Å². The molecule has 92 valence electrons. The van der Waals surface area contributed by atoms with Gasteiger partial charge in [0.25, 0.3) is 0 Å². The van der Waals surface area contributed by atoms with Crippen molar-refractivity contribution in [1.29, 1.82) is 0 Å². The van der Waals surface area contributed by atoms with Gasteiger partial charge in [-0.2, -0.15) is 0 Å². The average Bonchev–Trinajstić information content (AvgIpc) is 2.23. The lowest BCUT2D eigenvalue weighted by atomic mass is 10.2. The zero-order valence-corrected chi connectivity index (χ0v) is 11.3. The summed E-state index contributed by atoms with van der Waals surface area (Å²) in [6.07, 6.45) is -0.239. The lowest BCUT2D eigenvalue weighted by Gasteiger charge is -2.09. The molecule has 1 unspecified atom stereocenters. The van der Waals surface area contributed by atoms with E-state index in [1.54, 1.807) is 18.2 Å². The molecular weight excluding hydrogens is 259 g/mol. The Labute approximate surface area is 112 Å². The highest BCUT2D eigenvalue weighted by Crippen LogP contribution is 2.18. The van der Waals surface area contributed by atoms with E-state index in [0.29, 0.717) is 23.3 Å². The maximum atomic E-state index is 5.85. The number of halogens is 2. The van der Waals surface area contributed by atoms with Gasteiger partial charge in [-0.1, -0.05) is 35.0 Å². The molecule has 0 aliphatic heterocycles. The van der Waals surface area contributed by atoms with Crippen LogP contribution in [0.2, 0.25) is 10.0 Å². The second-order valence-electron chi connectivity index (χ2n) is 3.29. The molecule has 0 saturated carbocycles. The van der Waals surface area contributed by atoms with Crippen LogP contribution in [0.1, 0.15) is 19.4 Å². The Kier molecular flexibility index (Phi) is 6.39. The fourth-order valence-electron chi connectivity index (χ4n) is 1.21. The third kappa shape index (κ3) is 5.95. The number of ether oxygens (including phenoxy) is 2. The second kappa shape index (κ2) is 7.58. The van der Waals surface area contributed by atoms with Gasteiger partial charge in [-0.15, -0.1) is 0 Å². The van der Waals surface area contributed by atoms with Crippen molar-refractivity contribution in [3.05, 3.63) is 33.8 Å². The van der Waals surface area contributed by atoms with E-state index >= 15 is 0 Å². The monoisotopic (exact) mass is 272 g/mol.